The van der Waals surface area contributed by atoms with Gasteiger partial charge < -0.3 is 14.5 Å². The predicted molar refractivity (Wildman–Crippen MR) is 99.3 cm³/mol. The lowest BCUT2D eigenvalue weighted by Crippen LogP contribution is -2.67. The Balaban J connectivity index is 1.82. The van der Waals surface area contributed by atoms with Gasteiger partial charge in [-0.2, -0.15) is 0 Å². The molecular formula is C19H34N4O3. The van der Waals surface area contributed by atoms with E-state index in [2.05, 4.69) is 17.8 Å². The topological polar surface area (TPSA) is 73.9 Å². The average Bonchev–Trinajstić information content (AvgIpc) is 2.98. The van der Waals surface area contributed by atoms with Crippen molar-refractivity contribution in [1.82, 2.24) is 20.7 Å². The first-order valence-corrected chi connectivity index (χ1v) is 10.0. The maximum Gasteiger partial charge on any atom is 0.410 e. The summed E-state index contributed by atoms with van der Waals surface area (Å²) in [6, 6.07) is 0.607. The molecule has 5 unspecified atom stereocenters. The van der Waals surface area contributed by atoms with Gasteiger partial charge in [0.05, 0.1) is 18.2 Å². The Labute approximate surface area is 156 Å². The summed E-state index contributed by atoms with van der Waals surface area (Å²) in [5, 5.41) is 0. The van der Waals surface area contributed by atoms with Crippen LogP contribution in [0.15, 0.2) is 0 Å². The van der Waals surface area contributed by atoms with Gasteiger partial charge in [-0.3, -0.25) is 15.6 Å². The molecule has 2 amide bonds. The van der Waals surface area contributed by atoms with E-state index in [1.807, 2.05) is 30.6 Å². The van der Waals surface area contributed by atoms with Crippen molar-refractivity contribution in [1.29, 1.82) is 0 Å². The van der Waals surface area contributed by atoms with Gasteiger partial charge in [0.2, 0.25) is 5.91 Å². The second-order valence-corrected chi connectivity index (χ2v) is 8.55. The molecule has 6 atom stereocenters. The molecule has 2 N–H and O–H groups in total. The zero-order valence-corrected chi connectivity index (χ0v) is 16.7. The van der Waals surface area contributed by atoms with E-state index in [0.717, 1.165) is 25.8 Å². The highest BCUT2D eigenvalue weighted by molar-refractivity contribution is 5.75. The summed E-state index contributed by atoms with van der Waals surface area (Å²) < 4.78 is 5.52. The van der Waals surface area contributed by atoms with E-state index in [-0.39, 0.29) is 36.2 Å². The average molecular weight is 367 g/mol. The van der Waals surface area contributed by atoms with E-state index >= 15 is 0 Å². The molecular weight excluding hydrogens is 332 g/mol. The molecule has 2 aliphatic heterocycles. The van der Waals surface area contributed by atoms with Crippen LogP contribution >= 0.6 is 0 Å². The molecule has 0 spiro atoms. The number of hydrogen-bond donors (Lipinski definition) is 2. The van der Waals surface area contributed by atoms with Crippen molar-refractivity contribution in [2.75, 3.05) is 13.1 Å². The lowest BCUT2D eigenvalue weighted by atomic mass is 9.72. The molecule has 2 heterocycles. The zero-order chi connectivity index (χ0) is 19.0. The van der Waals surface area contributed by atoms with E-state index in [4.69, 9.17) is 4.74 Å². The molecule has 26 heavy (non-hydrogen) atoms. The van der Waals surface area contributed by atoms with Crippen molar-refractivity contribution in [2.24, 2.45) is 11.8 Å². The third-order valence-corrected chi connectivity index (χ3v) is 6.36. The zero-order valence-electron chi connectivity index (χ0n) is 16.7. The summed E-state index contributed by atoms with van der Waals surface area (Å²) in [6.45, 7) is 11.2. The van der Waals surface area contributed by atoms with Crippen molar-refractivity contribution in [2.45, 2.75) is 84.2 Å². The number of hydrazine groups is 1. The lowest BCUT2D eigenvalue weighted by molar-refractivity contribution is -0.142. The minimum absolute atomic E-state index is 0.0266. The normalized spacial score (nSPS) is 37.6. The molecule has 7 heteroatoms. The van der Waals surface area contributed by atoms with Crippen LogP contribution < -0.4 is 10.9 Å². The molecule has 0 bridgehead atoms. The molecule has 0 radical (unpaired) electrons. The summed E-state index contributed by atoms with van der Waals surface area (Å²) in [4.78, 5) is 28.9. The van der Waals surface area contributed by atoms with Gasteiger partial charge in [0.25, 0.3) is 0 Å². The van der Waals surface area contributed by atoms with E-state index in [1.54, 1.807) is 6.92 Å². The Hall–Kier alpha value is -1.34. The van der Waals surface area contributed by atoms with Gasteiger partial charge >= 0.3 is 6.09 Å². The monoisotopic (exact) mass is 366 g/mol. The van der Waals surface area contributed by atoms with E-state index in [1.165, 1.54) is 0 Å². The quantitative estimate of drug-likeness (QED) is 0.779. The van der Waals surface area contributed by atoms with Gasteiger partial charge in [-0.1, -0.05) is 0 Å². The Morgan fingerprint density at radius 2 is 1.88 bits per heavy atom. The van der Waals surface area contributed by atoms with Crippen LogP contribution in [0, 0.1) is 11.8 Å². The maximum absolute atomic E-state index is 12.8. The standard InChI is InChI=1S/C19H34N4O3/c1-11(2)26-19(25)22-10-12(3)23(14(5)24)17-7-6-15(8-18(17)22)16-9-20-21-13(16)4/h11-13,15-18,20-21H,6-10H2,1-5H3/t12-,13?,15?,16?,17?,18?/m0/s1. The van der Waals surface area contributed by atoms with Crippen molar-refractivity contribution in [3.63, 3.8) is 0 Å². The summed E-state index contributed by atoms with van der Waals surface area (Å²) in [5.41, 5.74) is 6.58. The van der Waals surface area contributed by atoms with Crippen molar-refractivity contribution >= 4 is 12.0 Å². The first kappa shape index (κ1) is 19.4. The number of piperazine rings is 1. The van der Waals surface area contributed by atoms with E-state index in [9.17, 15) is 9.59 Å². The molecule has 3 aliphatic rings. The van der Waals surface area contributed by atoms with E-state index < -0.39 is 0 Å². The second-order valence-electron chi connectivity index (χ2n) is 8.55. The highest BCUT2D eigenvalue weighted by Crippen LogP contribution is 2.40. The van der Waals surface area contributed by atoms with Gasteiger partial charge in [0, 0.05) is 32.1 Å². The summed E-state index contributed by atoms with van der Waals surface area (Å²) in [5.74, 6) is 1.22. The van der Waals surface area contributed by atoms with Crippen LogP contribution in [0.1, 0.15) is 53.9 Å². The summed E-state index contributed by atoms with van der Waals surface area (Å²) in [6.07, 6.45) is 2.62. The number of nitrogens with zero attached hydrogens (tertiary/aromatic N) is 2. The Bertz CT molecular complexity index is 541. The van der Waals surface area contributed by atoms with Crippen molar-refractivity contribution in [3.8, 4) is 0 Å². The molecule has 0 aromatic carbocycles. The highest BCUT2D eigenvalue weighted by Gasteiger charge is 2.48. The molecule has 148 valence electrons. The van der Waals surface area contributed by atoms with Gasteiger partial charge in [0.15, 0.2) is 0 Å². The van der Waals surface area contributed by atoms with Crippen LogP contribution in [-0.4, -0.2) is 65.2 Å². The molecule has 1 aliphatic carbocycles. The number of fused-ring (bicyclic) bond motifs is 1. The van der Waals surface area contributed by atoms with Gasteiger partial charge in [-0.05, 0) is 58.8 Å². The Kier molecular flexibility index (Phi) is 5.77. The first-order chi connectivity index (χ1) is 12.3. The third-order valence-electron chi connectivity index (χ3n) is 6.36. The summed E-state index contributed by atoms with van der Waals surface area (Å²) in [7, 11) is 0. The minimum atomic E-state index is -0.235. The number of carbonyl (C=O) groups is 2. The fourth-order valence-electron chi connectivity index (χ4n) is 5.27. The van der Waals surface area contributed by atoms with Crippen LogP contribution in [-0.2, 0) is 9.53 Å². The molecule has 0 aromatic heterocycles. The fraction of sp³-hybridized carbons (Fsp3) is 0.895. The van der Waals surface area contributed by atoms with Crippen molar-refractivity contribution < 1.29 is 14.3 Å². The SMILES string of the molecule is CC(=O)N1C2CCC(C3CNNC3C)CC2N(C(=O)OC(C)C)C[C@@H]1C. The minimum Gasteiger partial charge on any atom is -0.447 e. The third kappa shape index (κ3) is 3.69. The van der Waals surface area contributed by atoms with Crippen LogP contribution in [0.25, 0.3) is 0 Å². The largest absolute Gasteiger partial charge is 0.447 e. The van der Waals surface area contributed by atoms with Crippen LogP contribution in [0.5, 0.6) is 0 Å². The fourth-order valence-corrected chi connectivity index (χ4v) is 5.27. The van der Waals surface area contributed by atoms with Gasteiger partial charge in [-0.25, -0.2) is 4.79 Å². The van der Waals surface area contributed by atoms with E-state index in [0.29, 0.717) is 24.4 Å². The summed E-state index contributed by atoms with van der Waals surface area (Å²) >= 11 is 0. The van der Waals surface area contributed by atoms with Crippen LogP contribution in [0.3, 0.4) is 0 Å². The number of rotatable bonds is 2. The molecule has 7 nitrogen and oxygen atoms in total. The lowest BCUT2D eigenvalue weighted by Gasteiger charge is -2.54. The van der Waals surface area contributed by atoms with Crippen LogP contribution in [0.2, 0.25) is 0 Å². The maximum atomic E-state index is 12.8. The number of carbonyl (C=O) groups excluding carboxylic acids is 2. The molecule has 3 fully saturated rings. The number of nitrogens with one attached hydrogen (secondary N) is 2. The first-order valence-electron chi connectivity index (χ1n) is 10.0. The predicted octanol–water partition coefficient (Wildman–Crippen LogP) is 1.73. The molecule has 2 saturated heterocycles. The Morgan fingerprint density at radius 1 is 1.15 bits per heavy atom. The van der Waals surface area contributed by atoms with Crippen LogP contribution in [0.4, 0.5) is 4.79 Å². The second kappa shape index (κ2) is 7.72. The van der Waals surface area contributed by atoms with Gasteiger partial charge in [0.1, 0.15) is 0 Å². The highest BCUT2D eigenvalue weighted by atomic mass is 16.6. The smallest absolute Gasteiger partial charge is 0.410 e. The Morgan fingerprint density at radius 3 is 2.46 bits per heavy atom. The molecule has 1 saturated carbocycles. The molecule has 3 rings (SSSR count). The van der Waals surface area contributed by atoms with Crippen molar-refractivity contribution in [3.05, 3.63) is 0 Å². The number of ether oxygens (including phenoxy) is 1. The number of amides is 2. The number of hydrogen-bond acceptors (Lipinski definition) is 5. The van der Waals surface area contributed by atoms with Gasteiger partial charge in [-0.15, -0.1) is 0 Å². The molecule has 0 aromatic rings.